The Bertz CT molecular complexity index is 916. The number of benzene rings is 1. The van der Waals surface area contributed by atoms with E-state index in [9.17, 15) is 0 Å². The maximum absolute atomic E-state index is 5.00. The van der Waals surface area contributed by atoms with Gasteiger partial charge < -0.3 is 15.5 Å². The lowest BCUT2D eigenvalue weighted by Gasteiger charge is -2.24. The summed E-state index contributed by atoms with van der Waals surface area (Å²) in [5.74, 6) is 0.691. The standard InChI is InChI=1S/C26H37N5/c1-7-28-21(5)26(22(6)31-15-12-24-16-18(2)8-9-25(24)31)30-20(4)19(3)29-17-23-10-13-27-14-11-23/h7-9,16,23,27,29H,1,3,10-15,17H2,2,4-6H3/b26-22?,28-21-,30-20+. The lowest BCUT2D eigenvalue weighted by Crippen LogP contribution is -2.34. The Labute approximate surface area is 187 Å². The highest BCUT2D eigenvalue weighted by molar-refractivity contribution is 6.05. The molecule has 166 valence electrons. The summed E-state index contributed by atoms with van der Waals surface area (Å²) in [5.41, 5.74) is 8.59. The van der Waals surface area contributed by atoms with E-state index in [0.29, 0.717) is 5.92 Å². The Morgan fingerprint density at radius 2 is 1.97 bits per heavy atom. The third-order valence-electron chi connectivity index (χ3n) is 6.28. The predicted molar refractivity (Wildman–Crippen MR) is 134 cm³/mol. The minimum atomic E-state index is 0.691. The summed E-state index contributed by atoms with van der Waals surface area (Å²) in [5, 5.41) is 6.93. The molecule has 0 saturated carbocycles. The summed E-state index contributed by atoms with van der Waals surface area (Å²) in [6.45, 7) is 20.4. The van der Waals surface area contributed by atoms with Gasteiger partial charge in [0.1, 0.15) is 5.70 Å². The molecule has 1 aromatic rings. The largest absolute Gasteiger partial charge is 0.384 e. The molecule has 2 N–H and O–H groups in total. The van der Waals surface area contributed by atoms with Crippen LogP contribution in [-0.4, -0.2) is 37.6 Å². The van der Waals surface area contributed by atoms with Gasteiger partial charge in [-0.25, -0.2) is 4.99 Å². The van der Waals surface area contributed by atoms with Gasteiger partial charge in [0.05, 0.1) is 11.4 Å². The molecule has 0 aliphatic carbocycles. The van der Waals surface area contributed by atoms with Crippen LogP contribution >= 0.6 is 0 Å². The predicted octanol–water partition coefficient (Wildman–Crippen LogP) is 4.76. The number of piperidine rings is 1. The topological polar surface area (TPSA) is 52.0 Å². The quantitative estimate of drug-likeness (QED) is 0.598. The summed E-state index contributed by atoms with van der Waals surface area (Å²) in [4.78, 5) is 11.8. The van der Waals surface area contributed by atoms with E-state index < -0.39 is 0 Å². The van der Waals surface area contributed by atoms with Gasteiger partial charge in [0, 0.05) is 36.4 Å². The number of anilines is 1. The Morgan fingerprint density at radius 1 is 1.23 bits per heavy atom. The van der Waals surface area contributed by atoms with Crippen molar-refractivity contribution < 1.29 is 0 Å². The monoisotopic (exact) mass is 419 g/mol. The van der Waals surface area contributed by atoms with Crippen molar-refractivity contribution in [3.8, 4) is 0 Å². The van der Waals surface area contributed by atoms with Crippen molar-refractivity contribution in [3.63, 3.8) is 0 Å². The zero-order chi connectivity index (χ0) is 22.4. The van der Waals surface area contributed by atoms with Crippen molar-refractivity contribution in [2.24, 2.45) is 15.9 Å². The fraction of sp³-hybridized carbons (Fsp3) is 0.462. The Kier molecular flexibility index (Phi) is 7.85. The fourth-order valence-corrected chi connectivity index (χ4v) is 4.34. The zero-order valence-electron chi connectivity index (χ0n) is 19.6. The number of fused-ring (bicyclic) bond motifs is 1. The minimum absolute atomic E-state index is 0.691. The molecule has 1 saturated heterocycles. The van der Waals surface area contributed by atoms with E-state index in [1.807, 2.05) is 13.8 Å². The second kappa shape index (κ2) is 10.6. The van der Waals surface area contributed by atoms with Crippen LogP contribution in [0.25, 0.3) is 0 Å². The molecule has 0 bridgehead atoms. The molecule has 0 atom stereocenters. The molecule has 5 nitrogen and oxygen atoms in total. The van der Waals surface area contributed by atoms with Crippen molar-refractivity contribution in [1.82, 2.24) is 10.6 Å². The second-order valence-corrected chi connectivity index (χ2v) is 8.61. The fourth-order valence-electron chi connectivity index (χ4n) is 4.34. The van der Waals surface area contributed by atoms with Gasteiger partial charge in [-0.2, -0.15) is 0 Å². The molecule has 0 spiro atoms. The maximum atomic E-state index is 5.00. The lowest BCUT2D eigenvalue weighted by molar-refractivity contribution is 0.367. The first kappa shape index (κ1) is 23.0. The maximum Gasteiger partial charge on any atom is 0.104 e. The van der Waals surface area contributed by atoms with Crippen LogP contribution in [0, 0.1) is 12.8 Å². The van der Waals surface area contributed by atoms with E-state index >= 15 is 0 Å². The van der Waals surface area contributed by atoms with E-state index in [-0.39, 0.29) is 0 Å². The van der Waals surface area contributed by atoms with Crippen LogP contribution in [0.4, 0.5) is 5.69 Å². The van der Waals surface area contributed by atoms with Crippen molar-refractivity contribution in [1.29, 1.82) is 0 Å². The first-order chi connectivity index (χ1) is 14.9. The van der Waals surface area contributed by atoms with Crippen molar-refractivity contribution in [2.45, 2.75) is 47.0 Å². The van der Waals surface area contributed by atoms with Gasteiger partial charge >= 0.3 is 0 Å². The van der Waals surface area contributed by atoms with E-state index in [1.165, 1.54) is 29.7 Å². The molecule has 1 fully saturated rings. The summed E-state index contributed by atoms with van der Waals surface area (Å²) in [6.07, 6.45) is 5.05. The lowest BCUT2D eigenvalue weighted by atomic mass is 9.98. The highest BCUT2D eigenvalue weighted by Gasteiger charge is 2.23. The van der Waals surface area contributed by atoms with E-state index in [4.69, 9.17) is 4.99 Å². The number of rotatable bonds is 8. The molecule has 31 heavy (non-hydrogen) atoms. The van der Waals surface area contributed by atoms with Gasteiger partial charge in [0.25, 0.3) is 0 Å². The van der Waals surface area contributed by atoms with Gasteiger partial charge in [-0.15, -0.1) is 0 Å². The second-order valence-electron chi connectivity index (χ2n) is 8.61. The number of allylic oxidation sites excluding steroid dienone is 3. The SMILES string of the molecule is C=C/N=C(/C)C(/N=C(\C)C(=C)NCC1CCNCC1)=C(C)N1CCc2cc(C)ccc21. The first-order valence-electron chi connectivity index (χ1n) is 11.3. The third kappa shape index (κ3) is 5.73. The number of aliphatic imine (C=N–C) groups is 2. The van der Waals surface area contributed by atoms with Gasteiger partial charge in [-0.05, 0) is 77.6 Å². The van der Waals surface area contributed by atoms with E-state index in [2.05, 4.69) is 65.7 Å². The molecule has 0 amide bonds. The van der Waals surface area contributed by atoms with Gasteiger partial charge in [-0.3, -0.25) is 4.99 Å². The molecule has 0 radical (unpaired) electrons. The number of nitrogens with one attached hydrogen (secondary N) is 2. The Morgan fingerprint density at radius 3 is 2.68 bits per heavy atom. The molecule has 2 aliphatic rings. The Balaban J connectivity index is 1.84. The molecule has 2 heterocycles. The first-order valence-corrected chi connectivity index (χ1v) is 11.3. The van der Waals surface area contributed by atoms with Gasteiger partial charge in [0.15, 0.2) is 0 Å². The molecule has 5 heteroatoms. The average molecular weight is 420 g/mol. The van der Waals surface area contributed by atoms with Gasteiger partial charge in [-0.1, -0.05) is 30.9 Å². The van der Waals surface area contributed by atoms with Crippen molar-refractivity contribution in [2.75, 3.05) is 31.1 Å². The molecule has 0 unspecified atom stereocenters. The average Bonchev–Trinajstić information content (AvgIpc) is 3.19. The van der Waals surface area contributed by atoms with E-state index in [1.54, 1.807) is 6.20 Å². The van der Waals surface area contributed by atoms with Crippen LogP contribution in [0.2, 0.25) is 0 Å². The van der Waals surface area contributed by atoms with Gasteiger partial charge in [0.2, 0.25) is 0 Å². The van der Waals surface area contributed by atoms with Crippen LogP contribution in [0.3, 0.4) is 0 Å². The highest BCUT2D eigenvalue weighted by atomic mass is 15.2. The Hall–Kier alpha value is -2.66. The van der Waals surface area contributed by atoms with Crippen molar-refractivity contribution >= 4 is 17.1 Å². The molecule has 0 aromatic heterocycles. The summed E-state index contributed by atoms with van der Waals surface area (Å²) in [6, 6.07) is 6.68. The highest BCUT2D eigenvalue weighted by Crippen LogP contribution is 2.33. The summed E-state index contributed by atoms with van der Waals surface area (Å²) in [7, 11) is 0. The van der Waals surface area contributed by atoms with Crippen LogP contribution in [0.15, 0.2) is 64.6 Å². The number of nitrogens with zero attached hydrogens (tertiary/aromatic N) is 3. The van der Waals surface area contributed by atoms with Crippen LogP contribution in [-0.2, 0) is 6.42 Å². The van der Waals surface area contributed by atoms with Crippen LogP contribution in [0.1, 0.15) is 44.7 Å². The zero-order valence-corrected chi connectivity index (χ0v) is 19.6. The molecular formula is C26H37N5. The molecule has 1 aromatic carbocycles. The molecule has 2 aliphatic heterocycles. The van der Waals surface area contributed by atoms with E-state index in [0.717, 1.165) is 61.1 Å². The van der Waals surface area contributed by atoms with Crippen LogP contribution < -0.4 is 15.5 Å². The van der Waals surface area contributed by atoms with Crippen molar-refractivity contribution in [3.05, 3.63) is 65.8 Å². The minimum Gasteiger partial charge on any atom is -0.384 e. The summed E-state index contributed by atoms with van der Waals surface area (Å²) >= 11 is 0. The number of aryl methyl sites for hydroxylation is 1. The third-order valence-corrected chi connectivity index (χ3v) is 6.28. The normalized spacial score (nSPS) is 18.5. The summed E-state index contributed by atoms with van der Waals surface area (Å²) < 4.78 is 0. The smallest absolute Gasteiger partial charge is 0.104 e. The number of hydrogen-bond acceptors (Lipinski definition) is 5. The molecular weight excluding hydrogens is 382 g/mol. The van der Waals surface area contributed by atoms with Crippen LogP contribution in [0.5, 0.6) is 0 Å². The molecule has 3 rings (SSSR count). The number of hydrogen-bond donors (Lipinski definition) is 2.